The highest BCUT2D eigenvalue weighted by molar-refractivity contribution is 6.03. The Morgan fingerprint density at radius 1 is 0.941 bits per heavy atom. The second kappa shape index (κ2) is 9.90. The Balaban J connectivity index is 1.57. The van der Waals surface area contributed by atoms with E-state index in [0.717, 1.165) is 4.68 Å². The number of ether oxygens (including phenoxy) is 1. The van der Waals surface area contributed by atoms with Crippen molar-refractivity contribution >= 4 is 16.7 Å². The van der Waals surface area contributed by atoms with Crippen LogP contribution in [-0.4, -0.2) is 33.5 Å². The van der Waals surface area contributed by atoms with Gasteiger partial charge in [0.1, 0.15) is 17.7 Å². The quantitative estimate of drug-likeness (QED) is 0.416. The van der Waals surface area contributed by atoms with Crippen LogP contribution < -0.4 is 11.3 Å². The molecule has 34 heavy (non-hydrogen) atoms. The van der Waals surface area contributed by atoms with Crippen LogP contribution in [0.3, 0.4) is 0 Å². The summed E-state index contributed by atoms with van der Waals surface area (Å²) in [6, 6.07) is 17.6. The Morgan fingerprint density at radius 3 is 2.00 bits per heavy atom. The van der Waals surface area contributed by atoms with Crippen molar-refractivity contribution in [1.29, 1.82) is 0 Å². The van der Waals surface area contributed by atoms with Crippen LogP contribution in [0.2, 0.25) is 0 Å². The van der Waals surface area contributed by atoms with Gasteiger partial charge in [-0.05, 0) is 41.5 Å². The summed E-state index contributed by atoms with van der Waals surface area (Å²) in [4.78, 5) is 24.7. The molecule has 4 aromatic rings. The van der Waals surface area contributed by atoms with Gasteiger partial charge in [-0.1, -0.05) is 42.5 Å². The molecule has 0 fully saturated rings. The third kappa shape index (κ3) is 5.00. The summed E-state index contributed by atoms with van der Waals surface area (Å²) in [5.74, 6) is -1.65. The molecular weight excluding hydrogens is 444 g/mol. The number of nitrogens with two attached hydrogens (primary N) is 1. The number of hydrogen-bond acceptors (Lipinski definition) is 5. The number of fused-ring (bicyclic) bond motifs is 1. The molecule has 174 valence electrons. The second-order valence-corrected chi connectivity index (χ2v) is 7.72. The third-order valence-electron chi connectivity index (χ3n) is 5.29. The average Bonchev–Trinajstić information content (AvgIpc) is 2.83. The van der Waals surface area contributed by atoms with Gasteiger partial charge in [-0.25, -0.2) is 13.5 Å². The van der Waals surface area contributed by atoms with Crippen molar-refractivity contribution < 1.29 is 23.4 Å². The van der Waals surface area contributed by atoms with Crippen LogP contribution >= 0.6 is 0 Å². The molecule has 0 aliphatic rings. The van der Waals surface area contributed by atoms with E-state index in [1.807, 2.05) is 0 Å². The van der Waals surface area contributed by atoms with E-state index in [1.54, 1.807) is 24.3 Å². The number of aliphatic hydroxyl groups excluding tert-OH is 1. The van der Waals surface area contributed by atoms with Crippen LogP contribution in [0.1, 0.15) is 27.7 Å². The Labute approximate surface area is 193 Å². The maximum atomic E-state index is 13.4. The van der Waals surface area contributed by atoms with Crippen LogP contribution in [0.5, 0.6) is 0 Å². The number of carbonyl (C=O) groups excluding carboxylic acids is 1. The zero-order chi connectivity index (χ0) is 24.2. The van der Waals surface area contributed by atoms with E-state index in [0.29, 0.717) is 16.5 Å². The number of hydrogen-bond donors (Lipinski definition) is 2. The van der Waals surface area contributed by atoms with Crippen LogP contribution in [0.15, 0.2) is 77.6 Å². The maximum Gasteiger partial charge on any atom is 0.274 e. The second-order valence-electron chi connectivity index (χ2n) is 7.72. The highest BCUT2D eigenvalue weighted by Crippen LogP contribution is 2.27. The van der Waals surface area contributed by atoms with Crippen molar-refractivity contribution in [3.05, 3.63) is 112 Å². The van der Waals surface area contributed by atoms with Crippen LogP contribution in [0, 0.1) is 11.6 Å². The highest BCUT2D eigenvalue weighted by atomic mass is 19.1. The van der Waals surface area contributed by atoms with E-state index in [4.69, 9.17) is 10.5 Å². The van der Waals surface area contributed by atoms with Gasteiger partial charge in [0.25, 0.3) is 11.5 Å². The maximum absolute atomic E-state index is 13.4. The lowest BCUT2D eigenvalue weighted by atomic mass is 10.0. The molecule has 3 N–H and O–H groups in total. The standard InChI is InChI=1S/C25H21F2N3O4/c26-17-9-5-15(6-10-17)23(16-7-11-18(27)12-8-16)34-14-19(31)13-30-25(33)21-4-2-1-3-20(21)22(29-30)24(28)32/h1-12,19,23,31H,13-14H2,(H2,28,32). The molecule has 0 aliphatic heterocycles. The molecule has 1 unspecified atom stereocenters. The molecular formula is C25H21F2N3O4. The zero-order valence-corrected chi connectivity index (χ0v) is 17.9. The molecule has 0 bridgehead atoms. The zero-order valence-electron chi connectivity index (χ0n) is 17.9. The van der Waals surface area contributed by atoms with Gasteiger partial charge >= 0.3 is 0 Å². The van der Waals surface area contributed by atoms with E-state index in [1.165, 1.54) is 48.5 Å². The SMILES string of the molecule is NC(=O)c1nn(CC(O)COC(c2ccc(F)cc2)c2ccc(F)cc2)c(=O)c2ccccc12. The average molecular weight is 465 g/mol. The molecule has 0 radical (unpaired) electrons. The number of primary amides is 1. The molecule has 1 amide bonds. The van der Waals surface area contributed by atoms with Gasteiger partial charge in [0.2, 0.25) is 0 Å². The predicted octanol–water partition coefficient (Wildman–Crippen LogP) is 2.94. The van der Waals surface area contributed by atoms with Crippen molar-refractivity contribution in [1.82, 2.24) is 9.78 Å². The van der Waals surface area contributed by atoms with Gasteiger partial charge < -0.3 is 15.6 Å². The Hall–Kier alpha value is -3.95. The fourth-order valence-corrected chi connectivity index (χ4v) is 3.66. The fourth-order valence-electron chi connectivity index (χ4n) is 3.66. The van der Waals surface area contributed by atoms with Crippen LogP contribution in [0.25, 0.3) is 10.8 Å². The van der Waals surface area contributed by atoms with E-state index in [2.05, 4.69) is 5.10 Å². The number of aromatic nitrogens is 2. The minimum Gasteiger partial charge on any atom is -0.389 e. The number of amides is 1. The Bertz CT molecular complexity index is 1330. The first-order valence-corrected chi connectivity index (χ1v) is 10.4. The molecule has 1 aromatic heterocycles. The van der Waals surface area contributed by atoms with E-state index >= 15 is 0 Å². The molecule has 9 heteroatoms. The normalized spacial score (nSPS) is 12.2. The molecule has 1 atom stereocenters. The first-order chi connectivity index (χ1) is 16.3. The third-order valence-corrected chi connectivity index (χ3v) is 5.29. The van der Waals surface area contributed by atoms with Gasteiger partial charge in [0, 0.05) is 5.39 Å². The summed E-state index contributed by atoms with van der Waals surface area (Å²) >= 11 is 0. The highest BCUT2D eigenvalue weighted by Gasteiger charge is 2.20. The number of aliphatic hydroxyl groups is 1. The first-order valence-electron chi connectivity index (χ1n) is 10.4. The van der Waals surface area contributed by atoms with Gasteiger partial charge in [0.15, 0.2) is 5.69 Å². The van der Waals surface area contributed by atoms with Gasteiger partial charge in [0.05, 0.1) is 24.6 Å². The summed E-state index contributed by atoms with van der Waals surface area (Å²) in [5, 5.41) is 15.2. The number of halogens is 2. The molecule has 3 aromatic carbocycles. The summed E-state index contributed by atoms with van der Waals surface area (Å²) in [5.41, 5.74) is 6.03. The van der Waals surface area contributed by atoms with Crippen LogP contribution in [-0.2, 0) is 11.3 Å². The van der Waals surface area contributed by atoms with E-state index in [9.17, 15) is 23.5 Å². The molecule has 0 saturated carbocycles. The molecule has 0 spiro atoms. The van der Waals surface area contributed by atoms with Crippen molar-refractivity contribution in [3.63, 3.8) is 0 Å². The fraction of sp³-hybridized carbons (Fsp3) is 0.160. The lowest BCUT2D eigenvalue weighted by Gasteiger charge is -2.21. The lowest BCUT2D eigenvalue weighted by Crippen LogP contribution is -2.33. The number of nitrogens with zero attached hydrogens (tertiary/aromatic N) is 2. The Kier molecular flexibility index (Phi) is 6.76. The van der Waals surface area contributed by atoms with Crippen molar-refractivity contribution in [2.24, 2.45) is 5.73 Å². The topological polar surface area (TPSA) is 107 Å². The van der Waals surface area contributed by atoms with Crippen molar-refractivity contribution in [3.8, 4) is 0 Å². The number of carbonyl (C=O) groups is 1. The van der Waals surface area contributed by atoms with Crippen LogP contribution in [0.4, 0.5) is 8.78 Å². The Morgan fingerprint density at radius 2 is 1.47 bits per heavy atom. The van der Waals surface area contributed by atoms with Gasteiger partial charge in [-0.3, -0.25) is 9.59 Å². The number of rotatable bonds is 8. The molecule has 7 nitrogen and oxygen atoms in total. The predicted molar refractivity (Wildman–Crippen MR) is 121 cm³/mol. The lowest BCUT2D eigenvalue weighted by molar-refractivity contribution is -0.00247. The minimum atomic E-state index is -1.18. The van der Waals surface area contributed by atoms with Gasteiger partial charge in [-0.15, -0.1) is 0 Å². The summed E-state index contributed by atoms with van der Waals surface area (Å²) in [6.07, 6.45) is -1.91. The van der Waals surface area contributed by atoms with E-state index < -0.39 is 35.3 Å². The molecule has 0 aliphatic carbocycles. The molecule has 0 saturated heterocycles. The minimum absolute atomic E-state index is 0.0844. The summed E-state index contributed by atoms with van der Waals surface area (Å²) in [7, 11) is 0. The molecule has 1 heterocycles. The van der Waals surface area contributed by atoms with Gasteiger partial charge in [-0.2, -0.15) is 5.10 Å². The van der Waals surface area contributed by atoms with Crippen molar-refractivity contribution in [2.75, 3.05) is 6.61 Å². The summed E-state index contributed by atoms with van der Waals surface area (Å²) in [6.45, 7) is -0.490. The largest absolute Gasteiger partial charge is 0.389 e. The number of benzene rings is 3. The monoisotopic (exact) mass is 465 g/mol. The smallest absolute Gasteiger partial charge is 0.274 e. The summed E-state index contributed by atoms with van der Waals surface area (Å²) < 4.78 is 33.7. The van der Waals surface area contributed by atoms with Crippen molar-refractivity contribution in [2.45, 2.75) is 18.8 Å². The molecule has 4 rings (SSSR count). The van der Waals surface area contributed by atoms with E-state index in [-0.39, 0.29) is 24.2 Å². The first kappa shape index (κ1) is 23.2.